The maximum Gasteiger partial charge on any atom is 0.177 e. The molecule has 0 aliphatic rings. The Balaban J connectivity index is 2.49. The minimum atomic E-state index is -0.0540. The van der Waals surface area contributed by atoms with Crippen LogP contribution in [0.2, 0.25) is 0 Å². The van der Waals surface area contributed by atoms with Crippen molar-refractivity contribution in [1.82, 2.24) is 9.38 Å². The highest BCUT2D eigenvalue weighted by molar-refractivity contribution is 5.97. The molecule has 4 nitrogen and oxygen atoms in total. The first kappa shape index (κ1) is 10.8. The van der Waals surface area contributed by atoms with Crippen LogP contribution in [0.1, 0.15) is 35.8 Å². The zero-order valence-electron chi connectivity index (χ0n) is 9.47. The molecule has 16 heavy (non-hydrogen) atoms. The fourth-order valence-corrected chi connectivity index (χ4v) is 1.57. The quantitative estimate of drug-likeness (QED) is 0.794. The molecule has 0 unspecified atom stereocenters. The van der Waals surface area contributed by atoms with Crippen molar-refractivity contribution < 1.29 is 4.79 Å². The van der Waals surface area contributed by atoms with Crippen LogP contribution in [0.15, 0.2) is 24.5 Å². The first-order chi connectivity index (χ1) is 7.61. The van der Waals surface area contributed by atoms with Crippen LogP contribution >= 0.6 is 0 Å². The van der Waals surface area contributed by atoms with E-state index in [0.29, 0.717) is 11.5 Å². The number of ketones is 1. The van der Waals surface area contributed by atoms with Crippen molar-refractivity contribution >= 4 is 11.4 Å². The summed E-state index contributed by atoms with van der Waals surface area (Å²) < 4.78 is 1.87. The number of fused-ring (bicyclic) bond motifs is 1. The van der Waals surface area contributed by atoms with Crippen LogP contribution in [0.4, 0.5) is 0 Å². The molecule has 0 saturated heterocycles. The van der Waals surface area contributed by atoms with Crippen LogP contribution in [0.25, 0.3) is 5.65 Å². The van der Waals surface area contributed by atoms with E-state index < -0.39 is 0 Å². The second kappa shape index (κ2) is 4.06. The monoisotopic (exact) mass is 217 g/mol. The smallest absolute Gasteiger partial charge is 0.177 e. The van der Waals surface area contributed by atoms with Gasteiger partial charge in [-0.15, -0.1) is 0 Å². The van der Waals surface area contributed by atoms with E-state index in [9.17, 15) is 4.79 Å². The summed E-state index contributed by atoms with van der Waals surface area (Å²) in [6.07, 6.45) is 3.73. The number of pyridine rings is 1. The van der Waals surface area contributed by atoms with E-state index in [-0.39, 0.29) is 12.3 Å². The molecule has 0 fully saturated rings. The van der Waals surface area contributed by atoms with Gasteiger partial charge in [0.25, 0.3) is 0 Å². The van der Waals surface area contributed by atoms with Gasteiger partial charge in [0.15, 0.2) is 5.78 Å². The Morgan fingerprint density at radius 3 is 2.81 bits per heavy atom. The normalized spacial score (nSPS) is 11.2. The Hall–Kier alpha value is -1.68. The topological polar surface area (TPSA) is 60.4 Å². The third-order valence-electron chi connectivity index (χ3n) is 2.57. The average Bonchev–Trinajstić information content (AvgIpc) is 2.70. The largest absolute Gasteiger partial charge is 0.324 e. The predicted molar refractivity (Wildman–Crippen MR) is 62.7 cm³/mol. The van der Waals surface area contributed by atoms with Crippen LogP contribution in [0, 0.1) is 0 Å². The summed E-state index contributed by atoms with van der Waals surface area (Å²) in [4.78, 5) is 15.9. The summed E-state index contributed by atoms with van der Waals surface area (Å²) in [5, 5.41) is 0. The predicted octanol–water partition coefficient (Wildman–Crippen LogP) is 1.60. The number of rotatable bonds is 3. The molecule has 2 aromatic rings. The lowest BCUT2D eigenvalue weighted by Crippen LogP contribution is -2.13. The lowest BCUT2D eigenvalue weighted by Gasteiger charge is -1.98. The van der Waals surface area contributed by atoms with Gasteiger partial charge in [-0.05, 0) is 18.1 Å². The van der Waals surface area contributed by atoms with Gasteiger partial charge in [0.2, 0.25) is 0 Å². The molecule has 84 valence electrons. The third-order valence-corrected chi connectivity index (χ3v) is 2.57. The van der Waals surface area contributed by atoms with Crippen molar-refractivity contribution in [2.75, 3.05) is 6.54 Å². The van der Waals surface area contributed by atoms with E-state index in [2.05, 4.69) is 18.8 Å². The number of Topliss-reactive ketones (excluding diaryl/α,β-unsaturated/α-hetero) is 1. The first-order valence-corrected chi connectivity index (χ1v) is 5.33. The van der Waals surface area contributed by atoms with Crippen molar-refractivity contribution in [3.8, 4) is 0 Å². The van der Waals surface area contributed by atoms with E-state index in [4.69, 9.17) is 5.73 Å². The molecule has 0 amide bonds. The fourth-order valence-electron chi connectivity index (χ4n) is 1.57. The average molecular weight is 217 g/mol. The number of carbonyl (C=O) groups excluding carboxylic acids is 1. The Morgan fingerprint density at radius 1 is 1.44 bits per heavy atom. The summed E-state index contributed by atoms with van der Waals surface area (Å²) in [7, 11) is 0. The van der Waals surface area contributed by atoms with E-state index in [1.54, 1.807) is 12.3 Å². The summed E-state index contributed by atoms with van der Waals surface area (Å²) in [6.45, 7) is 4.22. The zero-order valence-corrected chi connectivity index (χ0v) is 9.47. The van der Waals surface area contributed by atoms with Gasteiger partial charge in [0.05, 0.1) is 12.2 Å². The minimum Gasteiger partial charge on any atom is -0.324 e. The molecule has 0 bridgehead atoms. The van der Waals surface area contributed by atoms with Gasteiger partial charge in [0, 0.05) is 18.0 Å². The van der Waals surface area contributed by atoms with Crippen molar-refractivity contribution in [2.45, 2.75) is 19.8 Å². The molecule has 0 spiro atoms. The minimum absolute atomic E-state index is 0.0389. The summed E-state index contributed by atoms with van der Waals surface area (Å²) >= 11 is 0. The highest BCUT2D eigenvalue weighted by Crippen LogP contribution is 2.15. The van der Waals surface area contributed by atoms with Gasteiger partial charge >= 0.3 is 0 Å². The van der Waals surface area contributed by atoms with Crippen LogP contribution in [0.5, 0.6) is 0 Å². The van der Waals surface area contributed by atoms with Crippen molar-refractivity contribution in [1.29, 1.82) is 0 Å². The highest BCUT2D eigenvalue weighted by Gasteiger charge is 2.08. The molecule has 0 aliphatic heterocycles. The molecule has 0 aliphatic carbocycles. The molecule has 0 radical (unpaired) electrons. The Kier molecular flexibility index (Phi) is 2.75. The SMILES string of the molecule is CC(C)c1cn2cc(C(=O)CN)ccc2n1. The Labute approximate surface area is 94.1 Å². The van der Waals surface area contributed by atoms with Gasteiger partial charge in [-0.25, -0.2) is 4.98 Å². The summed E-state index contributed by atoms with van der Waals surface area (Å²) in [6, 6.07) is 3.61. The number of imidazole rings is 1. The molecule has 2 heterocycles. The van der Waals surface area contributed by atoms with Crippen molar-refractivity contribution in [2.24, 2.45) is 5.73 Å². The molecular formula is C12H15N3O. The Morgan fingerprint density at radius 2 is 2.19 bits per heavy atom. The van der Waals surface area contributed by atoms with Gasteiger partial charge in [0.1, 0.15) is 5.65 Å². The molecule has 2 aromatic heterocycles. The second-order valence-electron chi connectivity index (χ2n) is 4.13. The van der Waals surface area contributed by atoms with Crippen molar-refractivity contribution in [3.63, 3.8) is 0 Å². The lowest BCUT2D eigenvalue weighted by atomic mass is 10.2. The van der Waals surface area contributed by atoms with Crippen LogP contribution in [-0.4, -0.2) is 21.7 Å². The molecule has 0 saturated carbocycles. The van der Waals surface area contributed by atoms with E-state index >= 15 is 0 Å². The number of hydrogen-bond donors (Lipinski definition) is 1. The number of hydrogen-bond acceptors (Lipinski definition) is 3. The van der Waals surface area contributed by atoms with E-state index in [1.165, 1.54) is 0 Å². The highest BCUT2D eigenvalue weighted by atomic mass is 16.1. The number of nitrogens with two attached hydrogens (primary N) is 1. The fraction of sp³-hybridized carbons (Fsp3) is 0.333. The van der Waals surface area contributed by atoms with Gasteiger partial charge in [-0.2, -0.15) is 0 Å². The third kappa shape index (κ3) is 1.84. The number of carbonyl (C=O) groups is 1. The number of aromatic nitrogens is 2. The maximum absolute atomic E-state index is 11.4. The van der Waals surface area contributed by atoms with Gasteiger partial charge in [-0.3, -0.25) is 4.79 Å². The van der Waals surface area contributed by atoms with Crippen molar-refractivity contribution in [3.05, 3.63) is 35.8 Å². The molecular weight excluding hydrogens is 202 g/mol. The van der Waals surface area contributed by atoms with E-state index in [0.717, 1.165) is 11.3 Å². The summed E-state index contributed by atoms with van der Waals surface area (Å²) in [5.74, 6) is 0.329. The lowest BCUT2D eigenvalue weighted by molar-refractivity contribution is 0.100. The van der Waals surface area contributed by atoms with Crippen LogP contribution in [0.3, 0.4) is 0 Å². The molecule has 0 aromatic carbocycles. The summed E-state index contributed by atoms with van der Waals surface area (Å²) in [5.41, 5.74) is 7.84. The molecule has 0 atom stereocenters. The van der Waals surface area contributed by atoms with Crippen LogP contribution in [-0.2, 0) is 0 Å². The second-order valence-corrected chi connectivity index (χ2v) is 4.13. The van der Waals surface area contributed by atoms with Gasteiger partial charge < -0.3 is 10.1 Å². The standard InChI is InChI=1S/C12H15N3O/c1-8(2)10-7-15-6-9(11(16)5-13)3-4-12(15)14-10/h3-4,6-8H,5,13H2,1-2H3. The zero-order chi connectivity index (χ0) is 11.7. The first-order valence-electron chi connectivity index (χ1n) is 5.33. The Bertz CT molecular complexity index is 528. The van der Waals surface area contributed by atoms with E-state index in [1.807, 2.05) is 16.7 Å². The van der Waals surface area contributed by atoms with Crippen LogP contribution < -0.4 is 5.73 Å². The molecule has 2 rings (SSSR count). The molecule has 4 heteroatoms. The number of nitrogens with zero attached hydrogens (tertiary/aromatic N) is 2. The van der Waals surface area contributed by atoms with Gasteiger partial charge in [-0.1, -0.05) is 13.8 Å². The maximum atomic E-state index is 11.4. The molecule has 2 N–H and O–H groups in total.